The minimum atomic E-state index is 0.0826. The van der Waals surface area contributed by atoms with Crippen molar-refractivity contribution in [2.24, 2.45) is 7.05 Å². The van der Waals surface area contributed by atoms with Crippen molar-refractivity contribution in [3.8, 4) is 5.75 Å². The number of hydrogen-bond acceptors (Lipinski definition) is 3. The van der Waals surface area contributed by atoms with Crippen molar-refractivity contribution in [2.45, 2.75) is 12.5 Å². The van der Waals surface area contributed by atoms with E-state index in [1.165, 1.54) is 11.1 Å². The van der Waals surface area contributed by atoms with Gasteiger partial charge in [-0.2, -0.15) is 0 Å². The molecule has 1 unspecified atom stereocenters. The summed E-state index contributed by atoms with van der Waals surface area (Å²) in [6, 6.07) is 6.42. The number of aryl methyl sites for hydroxylation is 1. The summed E-state index contributed by atoms with van der Waals surface area (Å²) in [7, 11) is 3.93. The van der Waals surface area contributed by atoms with E-state index in [2.05, 4.69) is 28.5 Å². The number of rotatable bonds is 3. The van der Waals surface area contributed by atoms with Gasteiger partial charge >= 0.3 is 0 Å². The summed E-state index contributed by atoms with van der Waals surface area (Å²) in [6.45, 7) is 0.783. The molecule has 0 fully saturated rings. The Kier molecular flexibility index (Phi) is 2.80. The summed E-state index contributed by atoms with van der Waals surface area (Å²) in [5.74, 6) is 1.03. The zero-order valence-corrected chi connectivity index (χ0v) is 10.7. The second-order valence-corrected chi connectivity index (χ2v) is 4.62. The minimum Gasteiger partial charge on any atom is -0.493 e. The zero-order chi connectivity index (χ0) is 12.5. The topological polar surface area (TPSA) is 39.1 Å². The number of ether oxygens (including phenoxy) is 1. The van der Waals surface area contributed by atoms with Crippen LogP contribution in [0.1, 0.15) is 22.9 Å². The lowest BCUT2D eigenvalue weighted by molar-refractivity contribution is 0.351. The van der Waals surface area contributed by atoms with Crippen LogP contribution in [0, 0.1) is 0 Å². The van der Waals surface area contributed by atoms with Gasteiger partial charge in [-0.05, 0) is 12.6 Å². The Hall–Kier alpha value is -1.81. The predicted molar refractivity (Wildman–Crippen MR) is 69.8 cm³/mol. The molecule has 94 valence electrons. The van der Waals surface area contributed by atoms with Crippen LogP contribution in [0.4, 0.5) is 0 Å². The number of aromatic nitrogens is 2. The lowest BCUT2D eigenvalue weighted by atomic mass is 10.00. The van der Waals surface area contributed by atoms with Crippen molar-refractivity contribution >= 4 is 0 Å². The lowest BCUT2D eigenvalue weighted by Crippen LogP contribution is -2.18. The van der Waals surface area contributed by atoms with Crippen molar-refractivity contribution < 1.29 is 4.74 Å². The van der Waals surface area contributed by atoms with E-state index < -0.39 is 0 Å². The van der Waals surface area contributed by atoms with E-state index in [1.807, 2.05) is 31.2 Å². The number of nitrogens with zero attached hydrogens (tertiary/aromatic N) is 2. The molecular formula is C14H17N3O. The first kappa shape index (κ1) is 11.3. The largest absolute Gasteiger partial charge is 0.493 e. The minimum absolute atomic E-state index is 0.0826. The second-order valence-electron chi connectivity index (χ2n) is 4.62. The first-order valence-corrected chi connectivity index (χ1v) is 6.19. The number of para-hydroxylation sites is 1. The highest BCUT2D eigenvalue weighted by molar-refractivity contribution is 5.47. The van der Waals surface area contributed by atoms with Gasteiger partial charge in [0.05, 0.1) is 24.7 Å². The van der Waals surface area contributed by atoms with E-state index in [1.54, 1.807) is 0 Å². The molecule has 0 spiro atoms. The van der Waals surface area contributed by atoms with Crippen molar-refractivity contribution in [3.05, 3.63) is 47.5 Å². The average Bonchev–Trinajstić information content (AvgIpc) is 2.99. The summed E-state index contributed by atoms with van der Waals surface area (Å²) in [6.07, 6.45) is 4.86. The van der Waals surface area contributed by atoms with Crippen molar-refractivity contribution in [1.29, 1.82) is 0 Å². The van der Waals surface area contributed by atoms with Gasteiger partial charge in [0.1, 0.15) is 5.75 Å². The number of nitrogens with one attached hydrogen (secondary N) is 1. The zero-order valence-electron chi connectivity index (χ0n) is 10.7. The Morgan fingerprint density at radius 3 is 3.06 bits per heavy atom. The fourth-order valence-corrected chi connectivity index (χ4v) is 2.51. The van der Waals surface area contributed by atoms with Crippen LogP contribution in [0.3, 0.4) is 0 Å². The van der Waals surface area contributed by atoms with Crippen LogP contribution in [-0.4, -0.2) is 23.2 Å². The summed E-state index contributed by atoms with van der Waals surface area (Å²) in [4.78, 5) is 4.43. The molecule has 4 nitrogen and oxygen atoms in total. The Balaban J connectivity index is 2.05. The molecule has 1 aromatic heterocycles. The molecule has 0 amide bonds. The summed E-state index contributed by atoms with van der Waals surface area (Å²) in [5.41, 5.74) is 3.48. The average molecular weight is 243 g/mol. The molecule has 0 radical (unpaired) electrons. The molecule has 18 heavy (non-hydrogen) atoms. The van der Waals surface area contributed by atoms with Gasteiger partial charge in [-0.15, -0.1) is 0 Å². The van der Waals surface area contributed by atoms with Crippen molar-refractivity contribution in [2.75, 3.05) is 13.7 Å². The molecule has 1 N–H and O–H groups in total. The fourth-order valence-electron chi connectivity index (χ4n) is 2.51. The maximum absolute atomic E-state index is 5.77. The van der Waals surface area contributed by atoms with Gasteiger partial charge in [-0.1, -0.05) is 18.2 Å². The first-order chi connectivity index (χ1) is 8.79. The third-order valence-electron chi connectivity index (χ3n) is 3.37. The highest BCUT2D eigenvalue weighted by Gasteiger charge is 2.23. The molecule has 0 saturated carbocycles. The first-order valence-electron chi connectivity index (χ1n) is 6.19. The molecule has 0 saturated heterocycles. The van der Waals surface area contributed by atoms with Crippen LogP contribution < -0.4 is 10.1 Å². The van der Waals surface area contributed by atoms with Crippen molar-refractivity contribution in [1.82, 2.24) is 14.9 Å². The maximum atomic E-state index is 5.77. The Bertz CT molecular complexity index is 562. The quantitative estimate of drug-likeness (QED) is 0.891. The van der Waals surface area contributed by atoms with E-state index in [9.17, 15) is 0 Å². The van der Waals surface area contributed by atoms with E-state index in [0.29, 0.717) is 0 Å². The smallest absolute Gasteiger partial charge is 0.127 e. The van der Waals surface area contributed by atoms with Gasteiger partial charge < -0.3 is 14.6 Å². The van der Waals surface area contributed by atoms with Gasteiger partial charge in [0, 0.05) is 25.2 Å². The summed E-state index contributed by atoms with van der Waals surface area (Å²) < 4.78 is 7.73. The monoisotopic (exact) mass is 243 g/mol. The summed E-state index contributed by atoms with van der Waals surface area (Å²) in [5, 5.41) is 3.32. The fraction of sp³-hybridized carbons (Fsp3) is 0.357. The number of imidazole rings is 1. The molecule has 4 heteroatoms. The predicted octanol–water partition coefficient (Wildman–Crippen LogP) is 1.66. The molecule has 3 rings (SSSR count). The molecule has 1 aliphatic rings. The molecule has 2 heterocycles. The van der Waals surface area contributed by atoms with Crippen LogP contribution >= 0.6 is 0 Å². The second kappa shape index (κ2) is 4.46. The normalized spacial score (nSPS) is 15.2. The van der Waals surface area contributed by atoms with E-state index in [-0.39, 0.29) is 6.04 Å². The third-order valence-corrected chi connectivity index (χ3v) is 3.37. The number of fused-ring (bicyclic) bond motifs is 1. The molecule has 1 atom stereocenters. The molecule has 0 aliphatic carbocycles. The van der Waals surface area contributed by atoms with Crippen LogP contribution in [0.25, 0.3) is 0 Å². The summed E-state index contributed by atoms with van der Waals surface area (Å²) >= 11 is 0. The molecule has 0 bridgehead atoms. The van der Waals surface area contributed by atoms with Crippen LogP contribution in [0.5, 0.6) is 5.75 Å². The van der Waals surface area contributed by atoms with E-state index >= 15 is 0 Å². The van der Waals surface area contributed by atoms with Gasteiger partial charge in [0.15, 0.2) is 0 Å². The molecule has 2 aromatic rings. The van der Waals surface area contributed by atoms with Gasteiger partial charge in [-0.25, -0.2) is 4.98 Å². The van der Waals surface area contributed by atoms with Crippen LogP contribution in [0.15, 0.2) is 30.7 Å². The van der Waals surface area contributed by atoms with Crippen molar-refractivity contribution in [3.63, 3.8) is 0 Å². The maximum Gasteiger partial charge on any atom is 0.127 e. The highest BCUT2D eigenvalue weighted by atomic mass is 16.5. The van der Waals surface area contributed by atoms with Gasteiger partial charge in [0.25, 0.3) is 0 Å². The standard InChI is InChI=1S/C14H17N3O/c1-15-13(12-8-17(2)9-16-12)11-5-3-4-10-6-7-18-14(10)11/h3-5,8-9,13,15H,6-7H2,1-2H3. The number of hydrogen-bond donors (Lipinski definition) is 1. The highest BCUT2D eigenvalue weighted by Crippen LogP contribution is 2.35. The lowest BCUT2D eigenvalue weighted by Gasteiger charge is -2.17. The Labute approximate surface area is 107 Å². The molecule has 1 aliphatic heterocycles. The Morgan fingerprint density at radius 1 is 1.44 bits per heavy atom. The van der Waals surface area contributed by atoms with E-state index in [4.69, 9.17) is 4.74 Å². The van der Waals surface area contributed by atoms with Crippen LogP contribution in [0.2, 0.25) is 0 Å². The molecule has 1 aromatic carbocycles. The molecular weight excluding hydrogens is 226 g/mol. The van der Waals surface area contributed by atoms with Crippen LogP contribution in [-0.2, 0) is 13.5 Å². The third kappa shape index (κ3) is 1.78. The Morgan fingerprint density at radius 2 is 2.33 bits per heavy atom. The SMILES string of the molecule is CNC(c1cn(C)cn1)c1cccc2c1OCC2. The van der Waals surface area contributed by atoms with Gasteiger partial charge in [-0.3, -0.25) is 0 Å². The number of benzene rings is 1. The van der Waals surface area contributed by atoms with Gasteiger partial charge in [0.2, 0.25) is 0 Å². The van der Waals surface area contributed by atoms with E-state index in [0.717, 1.165) is 24.5 Å².